The molecular weight excluding hydrogens is 1190 g/mol. The number of fused-ring (bicyclic) bond motifs is 4. The second-order valence-corrected chi connectivity index (χ2v) is 33.8. The number of aryl methyl sites for hydroxylation is 4. The molecule has 0 amide bonds. The van der Waals surface area contributed by atoms with Crippen LogP contribution >= 0.6 is 51.8 Å². The fourth-order valence-corrected chi connectivity index (χ4v) is 27.9. The van der Waals surface area contributed by atoms with Crippen molar-refractivity contribution in [3.05, 3.63) is 263 Å². The highest BCUT2D eigenvalue weighted by Crippen LogP contribution is 2.76. The van der Waals surface area contributed by atoms with Gasteiger partial charge in [0, 0.05) is 42.8 Å². The number of nitrogens with one attached hydrogen (secondary N) is 1. The fraction of sp³-hybridized carbons (Fsp3) is 0.360. The molecule has 3 nitrogen and oxygen atoms in total. The summed E-state index contributed by atoms with van der Waals surface area (Å²) in [4.78, 5) is 2.38. The van der Waals surface area contributed by atoms with Crippen LogP contribution in [-0.2, 0) is 25.7 Å². The first kappa shape index (κ1) is 65.1. The Kier molecular flexibility index (Phi) is 27.0. The lowest BCUT2D eigenvalue weighted by atomic mass is 10.0. The summed E-state index contributed by atoms with van der Waals surface area (Å²) in [6.07, 6.45) is 14.9. The van der Waals surface area contributed by atoms with Gasteiger partial charge in [-0.1, -0.05) is 273 Å². The van der Waals surface area contributed by atoms with Crippen LogP contribution in [0, 0.1) is 0 Å². The molecule has 0 radical (unpaired) electrons. The summed E-state index contributed by atoms with van der Waals surface area (Å²) in [6, 6.07) is 81.8. The molecule has 4 aliphatic rings. The van der Waals surface area contributed by atoms with Gasteiger partial charge in [-0.3, -0.25) is 9.53 Å². The number of benzene rings is 8. The maximum atomic E-state index is 3.94. The molecule has 8 aromatic rings. The van der Waals surface area contributed by atoms with Gasteiger partial charge < -0.3 is 4.90 Å². The minimum absolute atomic E-state index is 0. The predicted octanol–water partition coefficient (Wildman–Crippen LogP) is 20.5. The largest absolute Gasteiger partial charge is 0.304 e. The molecule has 0 unspecified atom stereocenters. The van der Waals surface area contributed by atoms with Crippen LogP contribution in [0.3, 0.4) is 0 Å². The number of halogens is 1. The highest BCUT2D eigenvalue weighted by atomic mass is 127. The zero-order valence-corrected chi connectivity index (χ0v) is 55.4. The van der Waals surface area contributed by atoms with Crippen LogP contribution in [0.5, 0.6) is 0 Å². The Morgan fingerprint density at radius 1 is 0.398 bits per heavy atom. The van der Waals surface area contributed by atoms with E-state index in [0.29, 0.717) is 22.6 Å². The van der Waals surface area contributed by atoms with Gasteiger partial charge >= 0.3 is 0 Å². The lowest BCUT2D eigenvalue weighted by Crippen LogP contribution is -2.29. The molecule has 4 heterocycles. The Balaban J connectivity index is 0.000000165. The van der Waals surface area contributed by atoms with Crippen molar-refractivity contribution in [1.29, 1.82) is 0 Å². The van der Waals surface area contributed by atoms with E-state index in [0.717, 1.165) is 19.4 Å². The Morgan fingerprint density at radius 2 is 0.711 bits per heavy atom. The van der Waals surface area contributed by atoms with Gasteiger partial charge in [-0.25, -0.2) is 0 Å². The normalized spacial score (nSPS) is 18.5. The van der Waals surface area contributed by atoms with Crippen LogP contribution in [0.1, 0.15) is 161 Å². The lowest BCUT2D eigenvalue weighted by Gasteiger charge is -2.43. The molecule has 8 aromatic carbocycles. The monoisotopic (exact) mass is 1290 g/mol. The van der Waals surface area contributed by atoms with Crippen molar-refractivity contribution < 1.29 is 0 Å². The molecule has 83 heavy (non-hydrogen) atoms. The van der Waals surface area contributed by atoms with E-state index in [1.807, 2.05) is 0 Å². The topological polar surface area (TPSA) is 18.5 Å². The first-order valence-electron chi connectivity index (χ1n) is 31.0. The van der Waals surface area contributed by atoms with Gasteiger partial charge in [0.15, 0.2) is 0 Å². The molecule has 2 saturated heterocycles. The molecule has 12 rings (SSSR count). The van der Waals surface area contributed by atoms with Gasteiger partial charge in [-0.2, -0.15) is 0 Å². The first-order valence-corrected chi connectivity index (χ1v) is 39.4. The average molecular weight is 1290 g/mol. The summed E-state index contributed by atoms with van der Waals surface area (Å²) >= 11 is 2.63. The summed E-state index contributed by atoms with van der Waals surface area (Å²) in [5.74, 6) is 0. The number of hydrogen-bond donors (Lipinski definition) is 1. The molecule has 0 saturated carbocycles. The maximum absolute atomic E-state index is 3.94. The molecule has 8 heteroatoms. The van der Waals surface area contributed by atoms with Crippen LogP contribution in [0.2, 0.25) is 0 Å². The van der Waals surface area contributed by atoms with E-state index >= 15 is 0 Å². The Labute approximate surface area is 521 Å². The van der Waals surface area contributed by atoms with Crippen LogP contribution in [-0.4, -0.2) is 42.1 Å². The minimum atomic E-state index is -0.588. The average Bonchev–Trinajstić information content (AvgIpc) is 4.28. The van der Waals surface area contributed by atoms with E-state index in [9.17, 15) is 0 Å². The molecule has 436 valence electrons. The molecule has 0 spiro atoms. The Hall–Kier alpha value is -3.91. The molecule has 0 bridgehead atoms. The van der Waals surface area contributed by atoms with Gasteiger partial charge in [0.2, 0.25) is 0 Å². The van der Waals surface area contributed by atoms with Crippen molar-refractivity contribution in [2.45, 2.75) is 142 Å². The quantitative estimate of drug-likeness (QED) is 0.0591. The van der Waals surface area contributed by atoms with Crippen LogP contribution in [0.15, 0.2) is 218 Å². The molecule has 4 atom stereocenters. The third-order valence-electron chi connectivity index (χ3n) is 17.0. The summed E-state index contributed by atoms with van der Waals surface area (Å²) in [5.41, 5.74) is 14.8. The minimum Gasteiger partial charge on any atom is -0.304 e. The van der Waals surface area contributed by atoms with Gasteiger partial charge in [-0.05, 0) is 194 Å². The predicted molar refractivity (Wildman–Crippen MR) is 381 cm³/mol. The Bertz CT molecular complexity index is 2910. The summed E-state index contributed by atoms with van der Waals surface area (Å²) < 4.78 is 3.08. The SMILES string of the molecule is C.CCCCN(P1c2ccccc2CCc2ccccc21)P1[C@H](c2ccccc2)CC[C@H]1c1ccccc1.CCCCNP1[C@H](c2ccccc2)CC[C@H]1c1ccccc1.CCN(CC)CC.IP1c2ccccc2CCc2ccccc21. The van der Waals surface area contributed by atoms with E-state index in [-0.39, 0.29) is 21.1 Å². The van der Waals surface area contributed by atoms with Crippen molar-refractivity contribution in [1.82, 2.24) is 14.4 Å². The standard InChI is InChI=1S/C34H37NP2.C20H26NP.C14H12IP.C6H15N.CH4/c1-2-3-26-35(36-31-20-12-10-18-29(31)22-23-30-19-11-13-21-32(30)36)37-33(27-14-6-4-7-15-27)24-25-34(37)28-16-8-5-9-17-28;1-2-3-16-21-22-19(17-10-6-4-7-11-17)14-15-20(22)18-12-8-5-9-13-18;15-16-13-7-3-1-5-11(13)9-10-12-6-2-4-8-14(12)16;1-4-7(5-2)6-3;/h4-21,33-34H,2-3,22-26H2,1H3;4-13,19-21H,2-3,14-16H2,1H3;1-8H,9-10H2;4-6H2,1-3H3;1H4/t33-,34-;19-,20-;;;/m00.../s1. The van der Waals surface area contributed by atoms with Crippen LogP contribution in [0.4, 0.5) is 0 Å². The van der Waals surface area contributed by atoms with Crippen molar-refractivity contribution >= 4 is 73.0 Å². The smallest absolute Gasteiger partial charge is 0.0324 e. The summed E-state index contributed by atoms with van der Waals surface area (Å²) in [5, 5.41) is 10.3. The van der Waals surface area contributed by atoms with Crippen molar-refractivity contribution in [2.24, 2.45) is 0 Å². The van der Waals surface area contributed by atoms with Crippen molar-refractivity contribution in [3.63, 3.8) is 0 Å². The lowest BCUT2D eigenvalue weighted by molar-refractivity contribution is 0.321. The van der Waals surface area contributed by atoms with Crippen molar-refractivity contribution in [3.8, 4) is 0 Å². The molecule has 1 N–H and O–H groups in total. The van der Waals surface area contributed by atoms with Gasteiger partial charge in [-0.15, -0.1) is 0 Å². The van der Waals surface area contributed by atoms with Gasteiger partial charge in [0.1, 0.15) is 0 Å². The maximum Gasteiger partial charge on any atom is 0.0324 e. The zero-order valence-electron chi connectivity index (χ0n) is 49.7. The van der Waals surface area contributed by atoms with Gasteiger partial charge in [0.05, 0.1) is 0 Å². The third kappa shape index (κ3) is 17.0. The number of hydrogen-bond acceptors (Lipinski definition) is 3. The number of nitrogens with zero attached hydrogens (tertiary/aromatic N) is 2. The van der Waals surface area contributed by atoms with E-state index < -0.39 is 16.1 Å². The van der Waals surface area contributed by atoms with E-state index in [1.54, 1.807) is 54.6 Å². The van der Waals surface area contributed by atoms with Crippen LogP contribution < -0.4 is 26.3 Å². The van der Waals surface area contributed by atoms with Crippen LogP contribution in [0.25, 0.3) is 0 Å². The zero-order chi connectivity index (χ0) is 56.9. The van der Waals surface area contributed by atoms with Crippen molar-refractivity contribution in [2.75, 3.05) is 32.7 Å². The molecule has 0 aliphatic carbocycles. The molecular formula is C75H94IN3P4. The van der Waals surface area contributed by atoms with E-state index in [2.05, 4.69) is 289 Å². The number of unbranched alkanes of at least 4 members (excludes halogenated alkanes) is 2. The second kappa shape index (κ2) is 34.4. The van der Waals surface area contributed by atoms with E-state index in [1.165, 1.54) is 102 Å². The molecule has 2 fully saturated rings. The third-order valence-corrected chi connectivity index (χ3v) is 31.6. The molecule has 4 aliphatic heterocycles. The molecule has 0 aromatic heterocycles. The Morgan fingerprint density at radius 3 is 1.06 bits per heavy atom. The summed E-state index contributed by atoms with van der Waals surface area (Å²) in [6.45, 7) is 17.1. The van der Waals surface area contributed by atoms with E-state index in [4.69, 9.17) is 0 Å². The second-order valence-electron chi connectivity index (χ2n) is 22.1. The fourth-order valence-electron chi connectivity index (χ4n) is 12.6. The number of rotatable bonds is 16. The highest BCUT2D eigenvalue weighted by molar-refractivity contribution is 14.2. The van der Waals surface area contributed by atoms with Gasteiger partial charge in [0.25, 0.3) is 0 Å². The highest BCUT2D eigenvalue weighted by Gasteiger charge is 2.45. The first-order chi connectivity index (χ1) is 40.5. The summed E-state index contributed by atoms with van der Waals surface area (Å²) in [7, 11) is -1.20.